The molecule has 0 bridgehead atoms. The fourth-order valence-corrected chi connectivity index (χ4v) is 11.1. The van der Waals surface area contributed by atoms with Crippen LogP contribution in [0.5, 0.6) is 0 Å². The van der Waals surface area contributed by atoms with Gasteiger partial charge in [-0.05, 0) is 92.0 Å². The largest absolute Gasteiger partial charge is 0.456 e. The molecular weight excluding hydrogens is 789 g/mol. The van der Waals surface area contributed by atoms with Gasteiger partial charge in [-0.25, -0.2) is 15.0 Å². The van der Waals surface area contributed by atoms with Gasteiger partial charge >= 0.3 is 0 Å². The molecule has 1 aliphatic carbocycles. The van der Waals surface area contributed by atoms with Gasteiger partial charge in [0.25, 0.3) is 0 Å². The van der Waals surface area contributed by atoms with Gasteiger partial charge in [-0.1, -0.05) is 169 Å². The predicted molar refractivity (Wildman–Crippen MR) is 254 cm³/mol. The highest BCUT2D eigenvalue weighted by Crippen LogP contribution is 2.62. The first kappa shape index (κ1) is 35.8. The van der Waals surface area contributed by atoms with Crippen LogP contribution in [0.1, 0.15) is 22.3 Å². The molecule has 0 N–H and O–H groups in total. The third-order valence-electron chi connectivity index (χ3n) is 12.7. The Hall–Kier alpha value is -7.93. The maximum atomic E-state index is 6.71. The van der Waals surface area contributed by atoms with Gasteiger partial charge in [-0.3, -0.25) is 4.98 Å². The summed E-state index contributed by atoms with van der Waals surface area (Å²) in [6, 6.07) is 69.2. The molecule has 8 aromatic carbocycles. The second-order valence-electron chi connectivity index (χ2n) is 16.1. The van der Waals surface area contributed by atoms with Crippen LogP contribution >= 0.6 is 11.8 Å². The first-order valence-electron chi connectivity index (χ1n) is 21.1. The number of pyridine rings is 1. The zero-order valence-electron chi connectivity index (χ0n) is 33.7. The molecular formula is C57H34N4OS. The smallest absolute Gasteiger partial charge is 0.164 e. The molecule has 4 heterocycles. The van der Waals surface area contributed by atoms with Crippen LogP contribution in [0.2, 0.25) is 0 Å². The van der Waals surface area contributed by atoms with E-state index in [0.29, 0.717) is 17.5 Å². The Morgan fingerprint density at radius 2 is 0.968 bits per heavy atom. The number of fused-ring (bicyclic) bond motifs is 14. The summed E-state index contributed by atoms with van der Waals surface area (Å²) in [6.07, 6.45) is 3.67. The molecule has 3 aromatic heterocycles. The SMILES string of the molecule is c1ccc(-c2nc(-c3ccc(-c4cccnc4)cc3)nc(-c3ccc4c(c3)C3(c5ccccc5Sc5cc6c(cc53)oc3ccccc36)c3ccccc3-c3ccccc3-4)n2)cc1. The highest BCUT2D eigenvalue weighted by Gasteiger charge is 2.49. The van der Waals surface area contributed by atoms with E-state index in [9.17, 15) is 0 Å². The van der Waals surface area contributed by atoms with E-state index in [-0.39, 0.29) is 0 Å². The van der Waals surface area contributed by atoms with Crippen molar-refractivity contribution < 1.29 is 4.42 Å². The van der Waals surface area contributed by atoms with Gasteiger partial charge in [0.05, 0.1) is 5.41 Å². The summed E-state index contributed by atoms with van der Waals surface area (Å²) in [5.41, 5.74) is 15.4. The average Bonchev–Trinajstić information content (AvgIpc) is 3.68. The van der Waals surface area contributed by atoms with Crippen molar-refractivity contribution in [3.63, 3.8) is 0 Å². The van der Waals surface area contributed by atoms with Gasteiger partial charge in [0.15, 0.2) is 17.5 Å². The molecule has 0 saturated carbocycles. The third-order valence-corrected chi connectivity index (χ3v) is 13.9. The highest BCUT2D eigenvalue weighted by molar-refractivity contribution is 7.99. The van der Waals surface area contributed by atoms with Crippen molar-refractivity contribution in [2.75, 3.05) is 0 Å². The quantitative estimate of drug-likeness (QED) is 0.176. The van der Waals surface area contributed by atoms with E-state index >= 15 is 0 Å². The number of benzene rings is 8. The highest BCUT2D eigenvalue weighted by atomic mass is 32.2. The lowest BCUT2D eigenvalue weighted by Crippen LogP contribution is -2.34. The summed E-state index contributed by atoms with van der Waals surface area (Å²) in [6.45, 7) is 0. The van der Waals surface area contributed by atoms with Crippen molar-refractivity contribution in [1.29, 1.82) is 0 Å². The predicted octanol–water partition coefficient (Wildman–Crippen LogP) is 14.3. The normalized spacial score (nSPS) is 14.7. The molecule has 2 aliphatic rings. The molecule has 13 rings (SSSR count). The summed E-state index contributed by atoms with van der Waals surface area (Å²) >= 11 is 1.84. The van der Waals surface area contributed by atoms with E-state index in [1.54, 1.807) is 6.20 Å². The molecule has 1 aliphatic heterocycles. The van der Waals surface area contributed by atoms with E-state index in [2.05, 4.69) is 169 Å². The molecule has 0 radical (unpaired) electrons. The molecule has 0 saturated heterocycles. The van der Waals surface area contributed by atoms with Crippen molar-refractivity contribution in [2.45, 2.75) is 15.2 Å². The third kappa shape index (κ3) is 5.51. The van der Waals surface area contributed by atoms with Crippen molar-refractivity contribution in [2.24, 2.45) is 0 Å². The molecule has 6 heteroatoms. The number of rotatable bonds is 4. The Morgan fingerprint density at radius 1 is 0.365 bits per heavy atom. The van der Waals surface area contributed by atoms with E-state index < -0.39 is 5.41 Å². The van der Waals surface area contributed by atoms with E-state index in [4.69, 9.17) is 19.4 Å². The fourth-order valence-electron chi connectivity index (χ4n) is 9.91. The van der Waals surface area contributed by atoms with Crippen LogP contribution in [0, 0.1) is 0 Å². The van der Waals surface area contributed by atoms with Crippen molar-refractivity contribution >= 4 is 33.7 Å². The van der Waals surface area contributed by atoms with Gasteiger partial charge in [0, 0.05) is 49.6 Å². The molecule has 63 heavy (non-hydrogen) atoms. The Kier molecular flexibility index (Phi) is 7.99. The van der Waals surface area contributed by atoms with Crippen LogP contribution in [-0.2, 0) is 5.41 Å². The standard InChI is InChI=1S/C57H34N4OS/c1-2-13-36(14-3-1)54-59-55(37-26-24-35(25-27-37)39-15-12-30-58-34-39)61-56(60-54)38-28-29-43-41-17-5-4-16-40(41)42-18-6-8-20-46(42)57(48(43)31-38)47-21-9-11-23-52(47)63-53-32-45-44-19-7-10-22-50(44)62-51(45)33-49(53)57/h1-34H. The van der Waals surface area contributed by atoms with Crippen molar-refractivity contribution in [1.82, 2.24) is 19.9 Å². The second kappa shape index (κ2) is 14.1. The van der Waals surface area contributed by atoms with Gasteiger partial charge in [-0.2, -0.15) is 0 Å². The van der Waals surface area contributed by atoms with Crippen LogP contribution < -0.4 is 0 Å². The molecule has 294 valence electrons. The Morgan fingerprint density at radius 3 is 1.75 bits per heavy atom. The monoisotopic (exact) mass is 822 g/mol. The Labute approximate surface area is 367 Å². The molecule has 1 unspecified atom stereocenters. The number of hydrogen-bond acceptors (Lipinski definition) is 6. The first-order valence-corrected chi connectivity index (χ1v) is 21.9. The molecule has 1 spiro atoms. The summed E-state index contributed by atoms with van der Waals surface area (Å²) in [5.74, 6) is 1.82. The summed E-state index contributed by atoms with van der Waals surface area (Å²) in [5, 5.41) is 2.23. The minimum Gasteiger partial charge on any atom is -0.456 e. The lowest BCUT2D eigenvalue weighted by atomic mass is 9.63. The van der Waals surface area contributed by atoms with Crippen LogP contribution in [0.4, 0.5) is 0 Å². The molecule has 5 nitrogen and oxygen atoms in total. The molecule has 11 aromatic rings. The minimum atomic E-state index is -0.758. The topological polar surface area (TPSA) is 64.7 Å². The Balaban J connectivity index is 1.11. The van der Waals surface area contributed by atoms with E-state index in [1.165, 1.54) is 43.2 Å². The lowest BCUT2D eigenvalue weighted by Gasteiger charge is -2.42. The number of aromatic nitrogens is 4. The lowest BCUT2D eigenvalue weighted by molar-refractivity contribution is 0.660. The fraction of sp³-hybridized carbons (Fsp3) is 0.0175. The summed E-state index contributed by atoms with van der Waals surface area (Å²) in [7, 11) is 0. The number of furan rings is 1. The minimum absolute atomic E-state index is 0.602. The zero-order valence-corrected chi connectivity index (χ0v) is 34.6. The molecule has 0 amide bonds. The van der Waals surface area contributed by atoms with Crippen LogP contribution in [-0.4, -0.2) is 19.9 Å². The average molecular weight is 823 g/mol. The second-order valence-corrected chi connectivity index (χ2v) is 17.2. The van der Waals surface area contributed by atoms with Gasteiger partial charge < -0.3 is 4.42 Å². The van der Waals surface area contributed by atoms with Gasteiger partial charge in [0.2, 0.25) is 0 Å². The van der Waals surface area contributed by atoms with E-state index in [1.807, 2.05) is 48.3 Å². The van der Waals surface area contributed by atoms with Crippen LogP contribution in [0.15, 0.2) is 221 Å². The number of hydrogen-bond donors (Lipinski definition) is 0. The number of para-hydroxylation sites is 1. The van der Waals surface area contributed by atoms with E-state index in [0.717, 1.165) is 60.9 Å². The van der Waals surface area contributed by atoms with Crippen molar-refractivity contribution in [3.05, 3.63) is 229 Å². The molecule has 1 atom stereocenters. The summed E-state index contributed by atoms with van der Waals surface area (Å²) in [4.78, 5) is 22.4. The van der Waals surface area contributed by atoms with Gasteiger partial charge in [0.1, 0.15) is 11.2 Å². The Bertz CT molecular complexity index is 3600. The maximum Gasteiger partial charge on any atom is 0.164 e. The number of nitrogens with zero attached hydrogens (tertiary/aromatic N) is 4. The summed E-state index contributed by atoms with van der Waals surface area (Å²) < 4.78 is 6.71. The maximum absolute atomic E-state index is 6.71. The molecule has 0 fully saturated rings. The van der Waals surface area contributed by atoms with Gasteiger partial charge in [-0.15, -0.1) is 0 Å². The van der Waals surface area contributed by atoms with Crippen LogP contribution in [0.3, 0.4) is 0 Å². The van der Waals surface area contributed by atoms with Crippen LogP contribution in [0.25, 0.3) is 89.5 Å². The first-order chi connectivity index (χ1) is 31.2. The zero-order chi connectivity index (χ0) is 41.5. The van der Waals surface area contributed by atoms with Crippen molar-refractivity contribution in [3.8, 4) is 67.5 Å².